The third-order valence-electron chi connectivity index (χ3n) is 5.58. The number of rotatable bonds is 5. The lowest BCUT2D eigenvalue weighted by Crippen LogP contribution is -2.42. The maximum Gasteiger partial charge on any atom is 0.236 e. The first kappa shape index (κ1) is 18.6. The first-order chi connectivity index (χ1) is 12.8. The maximum atomic E-state index is 12.8. The highest BCUT2D eigenvalue weighted by atomic mass is 32.2. The van der Waals surface area contributed by atoms with Gasteiger partial charge in [0.05, 0.1) is 17.6 Å². The standard InChI is InChI=1S/C17H22N4O4S2/c1-3-27(23,24)21-8-14-7-20(15(22)6-13-4-5-26-9-13)10-17(14,11-21)16-18-12(2)19-25-16/h4-5,9,14H,3,6-8,10-11H2,1-2H3/t14-,17-/m0/s1. The SMILES string of the molecule is CCS(=O)(=O)N1C[C@@H]2CN(C(=O)Cc3ccsc3)C[C@]2(c2nc(C)no2)C1. The second kappa shape index (κ2) is 6.68. The summed E-state index contributed by atoms with van der Waals surface area (Å²) in [5.41, 5.74) is 0.369. The van der Waals surface area contributed by atoms with E-state index in [1.165, 1.54) is 4.31 Å². The number of nitrogens with zero attached hydrogens (tertiary/aromatic N) is 4. The molecule has 0 saturated carbocycles. The summed E-state index contributed by atoms with van der Waals surface area (Å²) in [6, 6.07) is 1.95. The quantitative estimate of drug-likeness (QED) is 0.731. The van der Waals surface area contributed by atoms with Crippen LogP contribution in [-0.2, 0) is 26.7 Å². The van der Waals surface area contributed by atoms with Crippen LogP contribution in [0, 0.1) is 12.8 Å². The Bertz CT molecular complexity index is 940. The highest BCUT2D eigenvalue weighted by molar-refractivity contribution is 7.89. The monoisotopic (exact) mass is 410 g/mol. The van der Waals surface area contributed by atoms with Gasteiger partial charge in [0, 0.05) is 32.1 Å². The van der Waals surface area contributed by atoms with Crippen LogP contribution in [0.5, 0.6) is 0 Å². The molecule has 2 aromatic heterocycles. The van der Waals surface area contributed by atoms with Gasteiger partial charge in [-0.2, -0.15) is 16.3 Å². The molecule has 146 valence electrons. The molecule has 2 aliphatic rings. The largest absolute Gasteiger partial charge is 0.341 e. The van der Waals surface area contributed by atoms with Gasteiger partial charge in [0.2, 0.25) is 21.8 Å². The van der Waals surface area contributed by atoms with Gasteiger partial charge in [0.1, 0.15) is 0 Å². The lowest BCUT2D eigenvalue weighted by atomic mass is 9.81. The molecule has 10 heteroatoms. The van der Waals surface area contributed by atoms with Gasteiger partial charge in [-0.25, -0.2) is 12.7 Å². The topological polar surface area (TPSA) is 96.6 Å². The Labute approximate surface area is 162 Å². The lowest BCUT2D eigenvalue weighted by Gasteiger charge is -2.25. The van der Waals surface area contributed by atoms with Gasteiger partial charge in [-0.3, -0.25) is 4.79 Å². The fraction of sp³-hybridized carbons (Fsp3) is 0.588. The number of aryl methyl sites for hydroxylation is 1. The predicted octanol–water partition coefficient (Wildman–Crippen LogP) is 1.04. The lowest BCUT2D eigenvalue weighted by molar-refractivity contribution is -0.129. The highest BCUT2D eigenvalue weighted by Gasteiger charge is 2.59. The average molecular weight is 411 g/mol. The Kier molecular flexibility index (Phi) is 4.59. The molecule has 2 atom stereocenters. The van der Waals surface area contributed by atoms with E-state index in [1.54, 1.807) is 25.2 Å². The molecule has 4 rings (SSSR count). The number of hydrogen-bond acceptors (Lipinski definition) is 7. The van der Waals surface area contributed by atoms with Crippen molar-refractivity contribution >= 4 is 27.3 Å². The Hall–Kier alpha value is -1.78. The summed E-state index contributed by atoms with van der Waals surface area (Å²) < 4.78 is 31.8. The summed E-state index contributed by atoms with van der Waals surface area (Å²) in [6.45, 7) is 4.93. The van der Waals surface area contributed by atoms with E-state index in [1.807, 2.05) is 21.7 Å². The highest BCUT2D eigenvalue weighted by Crippen LogP contribution is 2.45. The summed E-state index contributed by atoms with van der Waals surface area (Å²) in [5.74, 6) is 0.996. The molecule has 2 fully saturated rings. The van der Waals surface area contributed by atoms with E-state index in [0.29, 0.717) is 37.8 Å². The molecule has 1 amide bonds. The summed E-state index contributed by atoms with van der Waals surface area (Å²) in [7, 11) is -3.32. The van der Waals surface area contributed by atoms with Crippen LogP contribution in [0.1, 0.15) is 24.2 Å². The fourth-order valence-electron chi connectivity index (χ4n) is 4.08. The van der Waals surface area contributed by atoms with Crippen LogP contribution in [0.3, 0.4) is 0 Å². The Morgan fingerprint density at radius 2 is 2.22 bits per heavy atom. The molecule has 0 unspecified atom stereocenters. The van der Waals surface area contributed by atoms with Crippen molar-refractivity contribution in [2.75, 3.05) is 31.9 Å². The zero-order valence-electron chi connectivity index (χ0n) is 15.3. The van der Waals surface area contributed by atoms with E-state index in [4.69, 9.17) is 4.52 Å². The molecule has 2 aliphatic heterocycles. The van der Waals surface area contributed by atoms with E-state index in [0.717, 1.165) is 5.56 Å². The molecule has 0 radical (unpaired) electrons. The molecule has 0 bridgehead atoms. The van der Waals surface area contributed by atoms with Crippen LogP contribution >= 0.6 is 11.3 Å². The third-order valence-corrected chi connectivity index (χ3v) is 8.10. The number of thiophene rings is 1. The molecule has 0 spiro atoms. The Morgan fingerprint density at radius 3 is 2.85 bits per heavy atom. The minimum Gasteiger partial charge on any atom is -0.341 e. The number of amides is 1. The first-order valence-corrected chi connectivity index (χ1v) is 11.5. The van der Waals surface area contributed by atoms with Crippen LogP contribution in [0.4, 0.5) is 0 Å². The average Bonchev–Trinajstić information content (AvgIpc) is 3.36. The van der Waals surface area contributed by atoms with Crippen molar-refractivity contribution in [1.29, 1.82) is 0 Å². The molecule has 2 saturated heterocycles. The molecule has 0 aliphatic carbocycles. The number of fused-ring (bicyclic) bond motifs is 1. The fourth-order valence-corrected chi connectivity index (χ4v) is 5.95. The second-order valence-electron chi connectivity index (χ2n) is 7.28. The van der Waals surface area contributed by atoms with Gasteiger partial charge in [-0.05, 0) is 36.2 Å². The maximum absolute atomic E-state index is 12.8. The number of carbonyl (C=O) groups excluding carboxylic acids is 1. The van der Waals surface area contributed by atoms with Gasteiger partial charge in [-0.15, -0.1) is 0 Å². The summed E-state index contributed by atoms with van der Waals surface area (Å²) in [4.78, 5) is 19.0. The van der Waals surface area contributed by atoms with Gasteiger partial charge in [0.25, 0.3) is 0 Å². The van der Waals surface area contributed by atoms with Crippen molar-refractivity contribution in [2.24, 2.45) is 5.92 Å². The summed E-state index contributed by atoms with van der Waals surface area (Å²) in [6.07, 6.45) is 0.353. The number of carbonyl (C=O) groups is 1. The van der Waals surface area contributed by atoms with Crippen LogP contribution in [0.15, 0.2) is 21.3 Å². The van der Waals surface area contributed by atoms with Crippen LogP contribution in [0.25, 0.3) is 0 Å². The number of aromatic nitrogens is 2. The normalized spacial score (nSPS) is 25.9. The van der Waals surface area contributed by atoms with E-state index >= 15 is 0 Å². The van der Waals surface area contributed by atoms with Crippen LogP contribution in [-0.4, -0.2) is 65.6 Å². The van der Waals surface area contributed by atoms with Crippen molar-refractivity contribution in [3.05, 3.63) is 34.1 Å². The van der Waals surface area contributed by atoms with Gasteiger partial charge >= 0.3 is 0 Å². The van der Waals surface area contributed by atoms with E-state index < -0.39 is 15.4 Å². The van der Waals surface area contributed by atoms with Gasteiger partial charge in [0.15, 0.2) is 5.82 Å². The van der Waals surface area contributed by atoms with Gasteiger partial charge < -0.3 is 9.42 Å². The van der Waals surface area contributed by atoms with Crippen LogP contribution in [0.2, 0.25) is 0 Å². The number of likely N-dealkylation sites (tertiary alicyclic amines) is 1. The van der Waals surface area contributed by atoms with Crippen molar-refractivity contribution < 1.29 is 17.7 Å². The van der Waals surface area contributed by atoms with Crippen molar-refractivity contribution in [3.63, 3.8) is 0 Å². The second-order valence-corrected chi connectivity index (χ2v) is 10.3. The number of sulfonamides is 1. The van der Waals surface area contributed by atoms with Crippen molar-refractivity contribution in [2.45, 2.75) is 25.7 Å². The smallest absolute Gasteiger partial charge is 0.236 e. The molecule has 0 aromatic carbocycles. The van der Waals surface area contributed by atoms with E-state index in [9.17, 15) is 13.2 Å². The summed E-state index contributed by atoms with van der Waals surface area (Å²) >= 11 is 1.57. The Balaban J connectivity index is 1.61. The Morgan fingerprint density at radius 1 is 1.41 bits per heavy atom. The predicted molar refractivity (Wildman–Crippen MR) is 99.8 cm³/mol. The van der Waals surface area contributed by atoms with E-state index in [-0.39, 0.29) is 24.1 Å². The number of hydrogen-bond donors (Lipinski definition) is 0. The van der Waals surface area contributed by atoms with Crippen molar-refractivity contribution in [1.82, 2.24) is 19.3 Å². The molecular formula is C17H22N4O4S2. The third kappa shape index (κ3) is 3.19. The molecule has 0 N–H and O–H groups in total. The zero-order valence-corrected chi connectivity index (χ0v) is 16.9. The minimum atomic E-state index is -3.32. The zero-order chi connectivity index (χ0) is 19.2. The van der Waals surface area contributed by atoms with Gasteiger partial charge in [-0.1, -0.05) is 5.16 Å². The molecular weight excluding hydrogens is 388 g/mol. The minimum absolute atomic E-state index is 0.0447. The molecule has 2 aromatic rings. The van der Waals surface area contributed by atoms with E-state index in [2.05, 4.69) is 10.1 Å². The molecule has 27 heavy (non-hydrogen) atoms. The summed E-state index contributed by atoms with van der Waals surface area (Å²) in [5, 5.41) is 7.83. The molecule has 4 heterocycles. The molecule has 8 nitrogen and oxygen atoms in total. The van der Waals surface area contributed by atoms with Crippen LogP contribution < -0.4 is 0 Å². The first-order valence-electron chi connectivity index (χ1n) is 8.91. The van der Waals surface area contributed by atoms with Crippen molar-refractivity contribution in [3.8, 4) is 0 Å².